The second kappa shape index (κ2) is 9.59. The van der Waals surface area contributed by atoms with Gasteiger partial charge in [-0.05, 0) is 12.8 Å². The predicted octanol–water partition coefficient (Wildman–Crippen LogP) is -0.185. The summed E-state index contributed by atoms with van der Waals surface area (Å²) in [5.41, 5.74) is 2.03. The first-order valence-electron chi connectivity index (χ1n) is 5.39. The molecule has 0 rings (SSSR count). The van der Waals surface area contributed by atoms with Gasteiger partial charge in [-0.25, -0.2) is 10.3 Å². The van der Waals surface area contributed by atoms with E-state index in [2.05, 4.69) is 10.2 Å². The Balaban J connectivity index is 3.27. The number of hydrogen-bond acceptors (Lipinski definition) is 4. The Hall–Kier alpha value is -1.63. The van der Waals surface area contributed by atoms with E-state index in [4.69, 9.17) is 5.11 Å². The van der Waals surface area contributed by atoms with Gasteiger partial charge in [0.25, 0.3) is 0 Å². The summed E-state index contributed by atoms with van der Waals surface area (Å²) in [6, 6.07) is 0. The Labute approximate surface area is 99.5 Å². The number of carboxylic acid groups (broad SMARTS) is 1. The number of carbonyl (C=O) groups excluding carboxylic acids is 2. The van der Waals surface area contributed by atoms with Gasteiger partial charge in [-0.1, -0.05) is 6.42 Å². The Bertz CT molecular complexity index is 267. The van der Waals surface area contributed by atoms with E-state index in [-0.39, 0.29) is 18.2 Å². The molecule has 0 atom stereocenters. The fourth-order valence-corrected chi connectivity index (χ4v) is 1.08. The van der Waals surface area contributed by atoms with Crippen LogP contribution in [-0.2, 0) is 19.2 Å². The van der Waals surface area contributed by atoms with Crippen molar-refractivity contribution < 1.29 is 24.3 Å². The molecule has 3 N–H and O–H groups in total. The van der Waals surface area contributed by atoms with E-state index in [1.165, 1.54) is 6.92 Å². The van der Waals surface area contributed by atoms with Crippen LogP contribution in [0.5, 0.6) is 0 Å². The molecule has 0 bridgehead atoms. The molecule has 0 aliphatic carbocycles. The van der Waals surface area contributed by atoms with Crippen LogP contribution < -0.4 is 10.8 Å². The van der Waals surface area contributed by atoms with Crippen LogP contribution in [0.4, 0.5) is 0 Å². The van der Waals surface area contributed by atoms with Crippen LogP contribution in [0.2, 0.25) is 0 Å². The molecule has 0 radical (unpaired) electrons. The van der Waals surface area contributed by atoms with Crippen molar-refractivity contribution in [2.24, 2.45) is 0 Å². The summed E-state index contributed by atoms with van der Waals surface area (Å²) in [7, 11) is 0. The number of nitrogens with one attached hydrogen (secondary N) is 2. The lowest BCUT2D eigenvalue weighted by Gasteiger charge is -2.04. The molecule has 2 amide bonds. The van der Waals surface area contributed by atoms with Gasteiger partial charge in [0.05, 0.1) is 0 Å². The summed E-state index contributed by atoms with van der Waals surface area (Å²) in [5.74, 6) is -1.55. The van der Waals surface area contributed by atoms with Crippen molar-refractivity contribution in [1.29, 1.82) is 0 Å². The molecule has 0 spiro atoms. The minimum absolute atomic E-state index is 0.0650. The molecule has 0 aromatic rings. The van der Waals surface area contributed by atoms with Crippen molar-refractivity contribution >= 4 is 17.8 Å². The number of unbranched alkanes of at least 4 members (excludes halogenated alkanes) is 2. The predicted molar refractivity (Wildman–Crippen MR) is 58.9 cm³/mol. The summed E-state index contributed by atoms with van der Waals surface area (Å²) in [6.07, 6.45) is 2.57. The van der Waals surface area contributed by atoms with Crippen LogP contribution in [0, 0.1) is 0 Å². The van der Waals surface area contributed by atoms with Gasteiger partial charge < -0.3 is 10.4 Å². The number of carbonyl (C=O) groups is 3. The van der Waals surface area contributed by atoms with Gasteiger partial charge in [-0.2, -0.15) is 0 Å². The van der Waals surface area contributed by atoms with Crippen molar-refractivity contribution in [1.82, 2.24) is 10.8 Å². The lowest BCUT2D eigenvalue weighted by atomic mass is 10.2. The Kier molecular flexibility index (Phi) is 8.67. The van der Waals surface area contributed by atoms with Crippen molar-refractivity contribution in [2.75, 3.05) is 13.2 Å². The molecule has 0 aromatic heterocycles. The highest BCUT2D eigenvalue weighted by Crippen LogP contribution is 1.98. The fraction of sp³-hybridized carbons (Fsp3) is 0.700. The number of amides is 2. The van der Waals surface area contributed by atoms with E-state index in [0.29, 0.717) is 13.0 Å². The van der Waals surface area contributed by atoms with E-state index in [0.717, 1.165) is 12.8 Å². The maximum Gasteiger partial charge on any atom is 0.332 e. The van der Waals surface area contributed by atoms with E-state index in [1.807, 2.05) is 5.48 Å². The summed E-state index contributed by atoms with van der Waals surface area (Å²) in [4.78, 5) is 36.1. The molecular formula is C10H18N2O5. The average Bonchev–Trinajstić information content (AvgIpc) is 2.22. The molecule has 7 nitrogen and oxygen atoms in total. The van der Waals surface area contributed by atoms with Crippen molar-refractivity contribution in [3.8, 4) is 0 Å². The molecule has 0 aliphatic heterocycles. The van der Waals surface area contributed by atoms with Crippen molar-refractivity contribution in [2.45, 2.75) is 32.6 Å². The highest BCUT2D eigenvalue weighted by molar-refractivity contribution is 5.75. The highest BCUT2D eigenvalue weighted by atomic mass is 16.7. The minimum atomic E-state index is -1.14. The number of hydrogen-bond donors (Lipinski definition) is 3. The molecule has 0 saturated carbocycles. The van der Waals surface area contributed by atoms with E-state index in [1.54, 1.807) is 0 Å². The second-order valence-electron chi connectivity index (χ2n) is 3.50. The zero-order valence-corrected chi connectivity index (χ0v) is 9.82. The molecule has 98 valence electrons. The third kappa shape index (κ3) is 12.3. The number of carboxylic acids is 1. The van der Waals surface area contributed by atoms with Gasteiger partial charge >= 0.3 is 5.97 Å². The molecule has 0 unspecified atom stereocenters. The maximum atomic E-state index is 11.1. The first kappa shape index (κ1) is 15.4. The van der Waals surface area contributed by atoms with Crippen LogP contribution in [0.15, 0.2) is 0 Å². The maximum absolute atomic E-state index is 11.1. The third-order valence-electron chi connectivity index (χ3n) is 1.84. The largest absolute Gasteiger partial charge is 0.479 e. The molecule has 7 heteroatoms. The monoisotopic (exact) mass is 246 g/mol. The number of aliphatic carboxylic acids is 1. The summed E-state index contributed by atoms with van der Waals surface area (Å²) >= 11 is 0. The van der Waals surface area contributed by atoms with Gasteiger partial charge in [0.2, 0.25) is 11.8 Å². The van der Waals surface area contributed by atoms with E-state index in [9.17, 15) is 14.4 Å². The quantitative estimate of drug-likeness (QED) is 0.386. The minimum Gasteiger partial charge on any atom is -0.479 e. The van der Waals surface area contributed by atoms with Gasteiger partial charge in [-0.3, -0.25) is 14.4 Å². The Morgan fingerprint density at radius 3 is 2.47 bits per heavy atom. The van der Waals surface area contributed by atoms with Crippen LogP contribution in [0.25, 0.3) is 0 Å². The van der Waals surface area contributed by atoms with Crippen LogP contribution in [0.3, 0.4) is 0 Å². The molecular weight excluding hydrogens is 228 g/mol. The first-order chi connectivity index (χ1) is 8.02. The smallest absolute Gasteiger partial charge is 0.332 e. The van der Waals surface area contributed by atoms with E-state index >= 15 is 0 Å². The standard InChI is InChI=1S/C10H18N2O5/c1-8(13)11-6-4-2-3-5-9(14)12-17-7-10(15)16/h2-7H2,1H3,(H,11,13)(H,12,14)(H,15,16). The van der Waals surface area contributed by atoms with Crippen LogP contribution in [-0.4, -0.2) is 36.0 Å². The van der Waals surface area contributed by atoms with Gasteiger partial charge in [-0.15, -0.1) is 0 Å². The zero-order chi connectivity index (χ0) is 13.1. The molecule has 0 saturated heterocycles. The second-order valence-corrected chi connectivity index (χ2v) is 3.50. The molecule has 0 fully saturated rings. The lowest BCUT2D eigenvalue weighted by Crippen LogP contribution is -2.26. The number of rotatable bonds is 9. The summed E-state index contributed by atoms with van der Waals surface area (Å²) in [5, 5.41) is 10.9. The van der Waals surface area contributed by atoms with Crippen molar-refractivity contribution in [3.63, 3.8) is 0 Å². The van der Waals surface area contributed by atoms with Crippen molar-refractivity contribution in [3.05, 3.63) is 0 Å². The lowest BCUT2D eigenvalue weighted by molar-refractivity contribution is -0.149. The SMILES string of the molecule is CC(=O)NCCCCCC(=O)NOCC(=O)O. The Morgan fingerprint density at radius 1 is 1.18 bits per heavy atom. The Morgan fingerprint density at radius 2 is 1.88 bits per heavy atom. The van der Waals surface area contributed by atoms with Gasteiger partial charge in [0, 0.05) is 19.9 Å². The topological polar surface area (TPSA) is 105 Å². The molecule has 0 aliphatic rings. The molecule has 0 aromatic carbocycles. The summed E-state index contributed by atoms with van der Waals surface area (Å²) in [6.45, 7) is 1.51. The van der Waals surface area contributed by atoms with Gasteiger partial charge in [0.15, 0.2) is 6.61 Å². The average molecular weight is 246 g/mol. The molecule has 0 heterocycles. The fourth-order valence-electron chi connectivity index (χ4n) is 1.08. The van der Waals surface area contributed by atoms with E-state index < -0.39 is 12.6 Å². The number of hydroxylamine groups is 1. The highest BCUT2D eigenvalue weighted by Gasteiger charge is 2.02. The van der Waals surface area contributed by atoms with Crippen LogP contribution >= 0.6 is 0 Å². The first-order valence-corrected chi connectivity index (χ1v) is 5.39. The third-order valence-corrected chi connectivity index (χ3v) is 1.84. The normalized spacial score (nSPS) is 9.71. The van der Waals surface area contributed by atoms with Gasteiger partial charge in [0.1, 0.15) is 0 Å². The molecule has 17 heavy (non-hydrogen) atoms. The zero-order valence-electron chi connectivity index (χ0n) is 9.82. The summed E-state index contributed by atoms with van der Waals surface area (Å²) < 4.78 is 0. The van der Waals surface area contributed by atoms with Crippen LogP contribution in [0.1, 0.15) is 32.6 Å².